The Kier molecular flexibility index (Phi) is 6.06. The van der Waals surface area contributed by atoms with Crippen molar-refractivity contribution in [3.05, 3.63) is 69.6 Å². The highest BCUT2D eigenvalue weighted by molar-refractivity contribution is 8.00. The maximum absolute atomic E-state index is 12.0. The summed E-state index contributed by atoms with van der Waals surface area (Å²) in [5.74, 6) is 0.356. The molecule has 4 aromatic rings. The van der Waals surface area contributed by atoms with Crippen LogP contribution in [-0.2, 0) is 10.5 Å². The predicted octanol–water partition coefficient (Wildman–Crippen LogP) is 5.26. The highest BCUT2D eigenvalue weighted by Gasteiger charge is 2.11. The van der Waals surface area contributed by atoms with Gasteiger partial charge in [-0.3, -0.25) is 4.79 Å². The highest BCUT2D eigenvalue weighted by atomic mass is 32.2. The number of fused-ring (bicyclic) bond motifs is 1. The van der Waals surface area contributed by atoms with Crippen LogP contribution in [0.4, 0.5) is 16.5 Å². The first-order chi connectivity index (χ1) is 14.9. The van der Waals surface area contributed by atoms with Gasteiger partial charge < -0.3 is 15.1 Å². The van der Waals surface area contributed by atoms with Crippen LogP contribution in [0.5, 0.6) is 0 Å². The summed E-state index contributed by atoms with van der Waals surface area (Å²) in [5.41, 5.74) is 4.84. The third kappa shape index (κ3) is 5.12. The van der Waals surface area contributed by atoms with Crippen molar-refractivity contribution in [1.29, 1.82) is 0 Å². The van der Waals surface area contributed by atoms with Crippen LogP contribution in [0.1, 0.15) is 23.6 Å². The topological polar surface area (TPSA) is 97.1 Å². The third-order valence-electron chi connectivity index (χ3n) is 4.67. The van der Waals surface area contributed by atoms with Gasteiger partial charge in [0.2, 0.25) is 11.0 Å². The fraction of sp³-hybridized carbons (Fsp3) is 0.182. The Labute approximate surface area is 186 Å². The number of thioether (sulfide) groups is 1. The molecule has 158 valence electrons. The number of nitrogens with zero attached hydrogens (tertiary/aromatic N) is 2. The van der Waals surface area contributed by atoms with E-state index < -0.39 is 5.63 Å². The van der Waals surface area contributed by atoms with Gasteiger partial charge in [-0.2, -0.15) is 0 Å². The summed E-state index contributed by atoms with van der Waals surface area (Å²) < 4.78 is 6.11. The molecule has 0 spiro atoms. The van der Waals surface area contributed by atoms with Crippen molar-refractivity contribution in [1.82, 2.24) is 10.2 Å². The van der Waals surface area contributed by atoms with Crippen LogP contribution in [0.2, 0.25) is 0 Å². The molecular weight excluding hydrogens is 432 g/mol. The summed E-state index contributed by atoms with van der Waals surface area (Å²) in [4.78, 5) is 23.3. The van der Waals surface area contributed by atoms with E-state index in [1.165, 1.54) is 47.2 Å². The van der Waals surface area contributed by atoms with Crippen LogP contribution in [0, 0.1) is 13.8 Å². The Morgan fingerprint density at radius 3 is 2.65 bits per heavy atom. The number of benzene rings is 2. The molecule has 2 N–H and O–H groups in total. The molecule has 0 atom stereocenters. The first-order valence-electron chi connectivity index (χ1n) is 9.52. The molecule has 0 aliphatic rings. The van der Waals surface area contributed by atoms with Gasteiger partial charge >= 0.3 is 5.63 Å². The molecule has 2 aromatic heterocycles. The fourth-order valence-electron chi connectivity index (χ4n) is 3.03. The normalized spacial score (nSPS) is 10.9. The molecule has 1 amide bonds. The van der Waals surface area contributed by atoms with Crippen molar-refractivity contribution < 1.29 is 9.21 Å². The van der Waals surface area contributed by atoms with Gasteiger partial charge in [0.1, 0.15) is 5.58 Å². The summed E-state index contributed by atoms with van der Waals surface area (Å²) in [6.45, 7) is 5.58. The second kappa shape index (κ2) is 8.91. The van der Waals surface area contributed by atoms with Crippen molar-refractivity contribution in [2.24, 2.45) is 0 Å². The first kappa shape index (κ1) is 21.1. The molecule has 9 heteroatoms. The lowest BCUT2D eigenvalue weighted by Crippen LogP contribution is -2.06. The van der Waals surface area contributed by atoms with E-state index >= 15 is 0 Å². The van der Waals surface area contributed by atoms with Crippen molar-refractivity contribution >= 4 is 56.5 Å². The van der Waals surface area contributed by atoms with E-state index in [9.17, 15) is 9.59 Å². The summed E-state index contributed by atoms with van der Waals surface area (Å²) in [7, 11) is 0. The van der Waals surface area contributed by atoms with Crippen LogP contribution < -0.4 is 16.3 Å². The Balaban J connectivity index is 1.49. The molecule has 0 aliphatic heterocycles. The molecule has 0 bridgehead atoms. The van der Waals surface area contributed by atoms with Gasteiger partial charge in [0.25, 0.3) is 0 Å². The summed E-state index contributed by atoms with van der Waals surface area (Å²) >= 11 is 2.96. The van der Waals surface area contributed by atoms with Gasteiger partial charge in [0, 0.05) is 41.6 Å². The highest BCUT2D eigenvalue weighted by Crippen LogP contribution is 2.32. The summed E-state index contributed by atoms with van der Waals surface area (Å²) in [6.07, 6.45) is 0. The van der Waals surface area contributed by atoms with Gasteiger partial charge in [-0.1, -0.05) is 29.2 Å². The van der Waals surface area contributed by atoms with E-state index in [1.807, 2.05) is 12.1 Å². The van der Waals surface area contributed by atoms with Gasteiger partial charge in [0.15, 0.2) is 4.34 Å². The van der Waals surface area contributed by atoms with Crippen molar-refractivity contribution in [2.45, 2.75) is 30.9 Å². The van der Waals surface area contributed by atoms with Crippen LogP contribution in [0.3, 0.4) is 0 Å². The number of hydrogen-bond donors (Lipinski definition) is 2. The Morgan fingerprint density at radius 2 is 1.87 bits per heavy atom. The number of rotatable bonds is 6. The largest absolute Gasteiger partial charge is 0.423 e. The van der Waals surface area contributed by atoms with Crippen molar-refractivity contribution in [2.75, 3.05) is 10.6 Å². The monoisotopic (exact) mass is 452 g/mol. The Hall–Kier alpha value is -3.17. The number of carbonyl (C=O) groups is 1. The van der Waals surface area contributed by atoms with Crippen molar-refractivity contribution in [3.8, 4) is 0 Å². The standard InChI is InChI=1S/C22H20N4O3S2/c1-12-4-5-16(8-13(12)2)24-21-25-26-22(31-21)30-11-15-9-20(28)29-19-10-17(23-14(3)27)6-7-18(15)19/h4-10H,11H2,1-3H3,(H,23,27)(H,24,25). The minimum absolute atomic E-state index is 0.185. The number of aryl methyl sites for hydroxylation is 2. The van der Waals surface area contributed by atoms with Crippen LogP contribution in [0.25, 0.3) is 11.0 Å². The second-order valence-corrected chi connectivity index (χ2v) is 9.27. The Bertz CT molecular complexity index is 1330. The lowest BCUT2D eigenvalue weighted by Gasteiger charge is -2.07. The maximum atomic E-state index is 12.0. The SMILES string of the molecule is CC(=O)Nc1ccc2c(CSc3nnc(Nc4ccc(C)c(C)c4)s3)cc(=O)oc2c1. The molecule has 0 fully saturated rings. The lowest BCUT2D eigenvalue weighted by molar-refractivity contribution is -0.114. The zero-order chi connectivity index (χ0) is 22.0. The Morgan fingerprint density at radius 1 is 1.06 bits per heavy atom. The first-order valence-corrected chi connectivity index (χ1v) is 11.3. The molecule has 2 aromatic carbocycles. The summed E-state index contributed by atoms with van der Waals surface area (Å²) in [5, 5.41) is 16.0. The van der Waals surface area contributed by atoms with E-state index in [1.54, 1.807) is 12.1 Å². The number of carbonyl (C=O) groups excluding carboxylic acids is 1. The third-order valence-corrected chi connectivity index (χ3v) is 6.69. The van der Waals surface area contributed by atoms with Gasteiger partial charge in [0.05, 0.1) is 0 Å². The molecule has 7 nitrogen and oxygen atoms in total. The number of hydrogen-bond acceptors (Lipinski definition) is 8. The number of amides is 1. The maximum Gasteiger partial charge on any atom is 0.336 e. The van der Waals surface area contributed by atoms with E-state index in [2.05, 4.69) is 46.8 Å². The number of nitrogens with one attached hydrogen (secondary N) is 2. The molecule has 2 heterocycles. The molecule has 31 heavy (non-hydrogen) atoms. The van der Waals surface area contributed by atoms with Gasteiger partial charge in [-0.25, -0.2) is 4.79 Å². The zero-order valence-electron chi connectivity index (χ0n) is 17.2. The number of aromatic nitrogens is 2. The van der Waals surface area contributed by atoms with Crippen LogP contribution >= 0.6 is 23.1 Å². The summed E-state index contributed by atoms with van der Waals surface area (Å²) in [6, 6.07) is 12.9. The van der Waals surface area contributed by atoms with Crippen LogP contribution in [-0.4, -0.2) is 16.1 Å². The molecular formula is C22H20N4O3S2. The smallest absolute Gasteiger partial charge is 0.336 e. The van der Waals surface area contributed by atoms with Gasteiger partial charge in [-0.05, 0) is 54.8 Å². The second-order valence-electron chi connectivity index (χ2n) is 7.07. The molecule has 4 rings (SSSR count). The van der Waals surface area contributed by atoms with Gasteiger partial charge in [-0.15, -0.1) is 10.2 Å². The number of anilines is 3. The predicted molar refractivity (Wildman–Crippen MR) is 125 cm³/mol. The zero-order valence-corrected chi connectivity index (χ0v) is 18.8. The average molecular weight is 453 g/mol. The minimum atomic E-state index is -0.433. The molecule has 0 saturated heterocycles. The van der Waals surface area contributed by atoms with E-state index in [4.69, 9.17) is 4.42 Å². The quantitative estimate of drug-likeness (QED) is 0.304. The van der Waals surface area contributed by atoms with E-state index in [0.717, 1.165) is 21.0 Å². The minimum Gasteiger partial charge on any atom is -0.423 e. The van der Waals surface area contributed by atoms with Crippen molar-refractivity contribution in [3.63, 3.8) is 0 Å². The van der Waals surface area contributed by atoms with E-state index in [0.29, 0.717) is 22.2 Å². The van der Waals surface area contributed by atoms with Crippen LogP contribution in [0.15, 0.2) is 56.0 Å². The molecule has 0 radical (unpaired) electrons. The fourth-order valence-corrected chi connectivity index (χ4v) is 4.79. The lowest BCUT2D eigenvalue weighted by atomic mass is 10.1. The average Bonchev–Trinajstić information content (AvgIpc) is 3.15. The molecule has 0 unspecified atom stereocenters. The molecule has 0 saturated carbocycles. The molecule has 0 aliphatic carbocycles. The van der Waals surface area contributed by atoms with E-state index in [-0.39, 0.29) is 5.91 Å².